The number of ether oxygens (including phenoxy) is 1. The highest BCUT2D eigenvalue weighted by atomic mass is 127. The van der Waals surface area contributed by atoms with Crippen molar-refractivity contribution in [2.75, 3.05) is 11.0 Å². The summed E-state index contributed by atoms with van der Waals surface area (Å²) >= 11 is 2.44. The van der Waals surface area contributed by atoms with Gasteiger partial charge in [-0.15, -0.1) is 0 Å². The Kier molecular flexibility index (Phi) is 8.49. The molecule has 0 aromatic heterocycles. The van der Waals surface area contributed by atoms with E-state index in [1.54, 1.807) is 0 Å². The Morgan fingerprint density at radius 1 is 1.00 bits per heavy atom. The summed E-state index contributed by atoms with van der Waals surface area (Å²) in [5, 5.41) is 0. The molecule has 0 aliphatic carbocycles. The van der Waals surface area contributed by atoms with Crippen molar-refractivity contribution in [3.8, 4) is 5.75 Å². The summed E-state index contributed by atoms with van der Waals surface area (Å²) in [6, 6.07) is 8.54. The number of benzene rings is 1. The summed E-state index contributed by atoms with van der Waals surface area (Å²) in [6.45, 7) is 3.06. The number of alkyl halides is 1. The summed E-state index contributed by atoms with van der Waals surface area (Å²) in [5.41, 5.74) is 1.40. The SMILES string of the molecule is CCCc1ccc(OCCCCCCI)cc1. The van der Waals surface area contributed by atoms with Gasteiger partial charge in [-0.1, -0.05) is 60.9 Å². The lowest BCUT2D eigenvalue weighted by Gasteiger charge is -2.06. The van der Waals surface area contributed by atoms with Crippen LogP contribution in [0.2, 0.25) is 0 Å². The number of unbranched alkanes of at least 4 members (excludes halogenated alkanes) is 3. The molecule has 96 valence electrons. The fourth-order valence-electron chi connectivity index (χ4n) is 1.78. The standard InChI is InChI=1S/C15H23IO/c1-2-7-14-8-10-15(11-9-14)17-13-6-4-3-5-12-16/h8-11H,2-7,12-13H2,1H3. The molecule has 0 spiro atoms. The second-order valence-electron chi connectivity index (χ2n) is 4.35. The van der Waals surface area contributed by atoms with Gasteiger partial charge in [-0.3, -0.25) is 0 Å². The molecule has 1 aromatic rings. The fraction of sp³-hybridized carbons (Fsp3) is 0.600. The summed E-state index contributed by atoms with van der Waals surface area (Å²) in [7, 11) is 0. The van der Waals surface area contributed by atoms with Gasteiger partial charge in [0.1, 0.15) is 5.75 Å². The molecule has 0 fully saturated rings. The highest BCUT2D eigenvalue weighted by molar-refractivity contribution is 14.1. The Labute approximate surface area is 119 Å². The third-order valence-electron chi connectivity index (χ3n) is 2.76. The molecule has 0 N–H and O–H groups in total. The largest absolute Gasteiger partial charge is 0.494 e. The van der Waals surface area contributed by atoms with Crippen LogP contribution in [0.3, 0.4) is 0 Å². The van der Waals surface area contributed by atoms with Crippen LogP contribution in [0.4, 0.5) is 0 Å². The molecule has 0 radical (unpaired) electrons. The number of aryl methyl sites for hydroxylation is 1. The number of hydrogen-bond donors (Lipinski definition) is 0. The van der Waals surface area contributed by atoms with Crippen LogP contribution in [-0.4, -0.2) is 11.0 Å². The number of halogens is 1. The molecule has 1 rings (SSSR count). The van der Waals surface area contributed by atoms with Crippen LogP contribution in [0.15, 0.2) is 24.3 Å². The topological polar surface area (TPSA) is 9.23 Å². The molecule has 17 heavy (non-hydrogen) atoms. The molecular formula is C15H23IO. The van der Waals surface area contributed by atoms with Crippen LogP contribution in [0.1, 0.15) is 44.6 Å². The average molecular weight is 346 g/mol. The third kappa shape index (κ3) is 6.92. The smallest absolute Gasteiger partial charge is 0.119 e. The van der Waals surface area contributed by atoms with E-state index in [2.05, 4.69) is 53.8 Å². The van der Waals surface area contributed by atoms with Crippen LogP contribution in [0.25, 0.3) is 0 Å². The monoisotopic (exact) mass is 346 g/mol. The molecule has 0 amide bonds. The molecule has 0 saturated carbocycles. The van der Waals surface area contributed by atoms with Crippen molar-refractivity contribution in [3.05, 3.63) is 29.8 Å². The zero-order chi connectivity index (χ0) is 12.3. The number of hydrogen-bond acceptors (Lipinski definition) is 1. The normalized spacial score (nSPS) is 10.5. The highest BCUT2D eigenvalue weighted by Crippen LogP contribution is 2.14. The van der Waals surface area contributed by atoms with E-state index in [0.29, 0.717) is 0 Å². The molecular weight excluding hydrogens is 323 g/mol. The molecule has 0 bridgehead atoms. The van der Waals surface area contributed by atoms with Gasteiger partial charge in [-0.05, 0) is 41.4 Å². The van der Waals surface area contributed by atoms with E-state index in [-0.39, 0.29) is 0 Å². The van der Waals surface area contributed by atoms with Crippen LogP contribution < -0.4 is 4.74 Å². The van der Waals surface area contributed by atoms with Crippen molar-refractivity contribution in [3.63, 3.8) is 0 Å². The lowest BCUT2D eigenvalue weighted by Crippen LogP contribution is -1.97. The highest BCUT2D eigenvalue weighted by Gasteiger charge is 1.95. The Hall–Kier alpha value is -0.250. The summed E-state index contributed by atoms with van der Waals surface area (Å²) < 4.78 is 6.99. The molecule has 0 aliphatic heterocycles. The van der Waals surface area contributed by atoms with E-state index < -0.39 is 0 Å². The summed E-state index contributed by atoms with van der Waals surface area (Å²) in [6.07, 6.45) is 7.51. The van der Waals surface area contributed by atoms with Crippen LogP contribution in [-0.2, 0) is 6.42 Å². The van der Waals surface area contributed by atoms with E-state index in [9.17, 15) is 0 Å². The molecule has 2 heteroatoms. The van der Waals surface area contributed by atoms with E-state index >= 15 is 0 Å². The lowest BCUT2D eigenvalue weighted by molar-refractivity contribution is 0.305. The average Bonchev–Trinajstić information content (AvgIpc) is 2.36. The fourth-order valence-corrected chi connectivity index (χ4v) is 2.32. The van der Waals surface area contributed by atoms with Gasteiger partial charge in [0.2, 0.25) is 0 Å². The maximum absolute atomic E-state index is 5.72. The minimum atomic E-state index is 0.856. The Morgan fingerprint density at radius 2 is 1.71 bits per heavy atom. The first-order chi connectivity index (χ1) is 8.36. The first kappa shape index (κ1) is 14.8. The predicted molar refractivity (Wildman–Crippen MR) is 83.3 cm³/mol. The lowest BCUT2D eigenvalue weighted by atomic mass is 10.1. The van der Waals surface area contributed by atoms with Gasteiger partial charge < -0.3 is 4.74 Å². The second kappa shape index (κ2) is 9.75. The van der Waals surface area contributed by atoms with Crippen LogP contribution in [0.5, 0.6) is 5.75 Å². The van der Waals surface area contributed by atoms with Crippen molar-refractivity contribution < 1.29 is 4.74 Å². The van der Waals surface area contributed by atoms with E-state index in [1.165, 1.54) is 42.1 Å². The molecule has 0 heterocycles. The number of rotatable bonds is 9. The van der Waals surface area contributed by atoms with Gasteiger partial charge in [-0.25, -0.2) is 0 Å². The van der Waals surface area contributed by atoms with Crippen LogP contribution >= 0.6 is 22.6 Å². The quantitative estimate of drug-likeness (QED) is 0.347. The van der Waals surface area contributed by atoms with E-state index in [0.717, 1.165) is 18.8 Å². The molecule has 0 unspecified atom stereocenters. The van der Waals surface area contributed by atoms with Crippen LogP contribution in [0, 0.1) is 0 Å². The Bertz CT molecular complexity index is 281. The Balaban J connectivity index is 2.14. The van der Waals surface area contributed by atoms with Gasteiger partial charge in [0.15, 0.2) is 0 Å². The molecule has 1 nitrogen and oxygen atoms in total. The van der Waals surface area contributed by atoms with Crippen molar-refractivity contribution in [1.82, 2.24) is 0 Å². The van der Waals surface area contributed by atoms with Crippen molar-refractivity contribution in [2.24, 2.45) is 0 Å². The minimum absolute atomic E-state index is 0.856. The minimum Gasteiger partial charge on any atom is -0.494 e. The van der Waals surface area contributed by atoms with Gasteiger partial charge in [0, 0.05) is 0 Å². The van der Waals surface area contributed by atoms with Gasteiger partial charge in [-0.2, -0.15) is 0 Å². The zero-order valence-corrected chi connectivity index (χ0v) is 12.9. The summed E-state index contributed by atoms with van der Waals surface area (Å²) in [4.78, 5) is 0. The van der Waals surface area contributed by atoms with E-state index in [4.69, 9.17) is 4.74 Å². The maximum atomic E-state index is 5.72. The first-order valence-corrected chi connectivity index (χ1v) is 8.17. The Morgan fingerprint density at radius 3 is 2.35 bits per heavy atom. The van der Waals surface area contributed by atoms with Gasteiger partial charge in [0.05, 0.1) is 6.61 Å². The van der Waals surface area contributed by atoms with Crippen molar-refractivity contribution in [1.29, 1.82) is 0 Å². The second-order valence-corrected chi connectivity index (χ2v) is 5.42. The van der Waals surface area contributed by atoms with Crippen molar-refractivity contribution in [2.45, 2.75) is 45.4 Å². The predicted octanol–water partition coefficient (Wildman–Crippen LogP) is 5.01. The molecule has 1 aromatic carbocycles. The van der Waals surface area contributed by atoms with Crippen molar-refractivity contribution >= 4 is 22.6 Å². The maximum Gasteiger partial charge on any atom is 0.119 e. The third-order valence-corrected chi connectivity index (χ3v) is 3.52. The first-order valence-electron chi connectivity index (χ1n) is 6.64. The van der Waals surface area contributed by atoms with Gasteiger partial charge >= 0.3 is 0 Å². The molecule has 0 saturated heterocycles. The van der Waals surface area contributed by atoms with E-state index in [1.807, 2.05) is 0 Å². The zero-order valence-electron chi connectivity index (χ0n) is 10.8. The van der Waals surface area contributed by atoms with Gasteiger partial charge in [0.25, 0.3) is 0 Å². The molecule has 0 atom stereocenters. The molecule has 0 aliphatic rings. The summed E-state index contributed by atoms with van der Waals surface area (Å²) in [5.74, 6) is 1.01.